The summed E-state index contributed by atoms with van der Waals surface area (Å²) in [5, 5.41) is 6.27. The Bertz CT molecular complexity index is 1010. The van der Waals surface area contributed by atoms with Gasteiger partial charge in [0.25, 0.3) is 0 Å². The van der Waals surface area contributed by atoms with Crippen molar-refractivity contribution in [3.8, 4) is 22.8 Å². The molecule has 3 rings (SSSR count). The van der Waals surface area contributed by atoms with Gasteiger partial charge in [-0.05, 0) is 36.4 Å². The van der Waals surface area contributed by atoms with Gasteiger partial charge in [0.2, 0.25) is 5.91 Å². The fourth-order valence-electron chi connectivity index (χ4n) is 2.66. The monoisotopic (exact) mass is 406 g/mol. The lowest BCUT2D eigenvalue weighted by molar-refractivity contribution is -0.137. The number of nitrogens with one attached hydrogen (secondary N) is 1. The number of nitrogens with zero attached hydrogens (tertiary/aromatic N) is 1. The molecule has 0 aliphatic carbocycles. The molecule has 0 bridgehead atoms. The largest absolute Gasteiger partial charge is 0.493 e. The minimum atomic E-state index is -4.48. The Morgan fingerprint density at radius 3 is 2.52 bits per heavy atom. The van der Waals surface area contributed by atoms with Crippen LogP contribution in [0.3, 0.4) is 0 Å². The molecule has 0 fully saturated rings. The number of aromatic nitrogens is 1. The lowest BCUT2D eigenvalue weighted by Gasteiger charge is -2.09. The van der Waals surface area contributed by atoms with Crippen LogP contribution in [0.5, 0.6) is 11.5 Å². The van der Waals surface area contributed by atoms with Gasteiger partial charge < -0.3 is 19.3 Å². The number of carbonyl (C=O) groups excluding carboxylic acids is 1. The van der Waals surface area contributed by atoms with Crippen LogP contribution in [0.25, 0.3) is 11.3 Å². The molecule has 1 aromatic heterocycles. The molecule has 1 N–H and O–H groups in total. The first-order chi connectivity index (χ1) is 13.8. The Morgan fingerprint density at radius 1 is 1.07 bits per heavy atom. The molecule has 0 saturated carbocycles. The third kappa shape index (κ3) is 4.87. The zero-order chi connectivity index (χ0) is 21.0. The maximum Gasteiger partial charge on any atom is 0.416 e. The average molecular weight is 406 g/mol. The Labute approximate surface area is 164 Å². The molecular formula is C20H17F3N2O4. The lowest BCUT2D eigenvalue weighted by Crippen LogP contribution is -2.15. The van der Waals surface area contributed by atoms with E-state index in [1.54, 1.807) is 24.3 Å². The molecule has 1 heterocycles. The van der Waals surface area contributed by atoms with E-state index in [-0.39, 0.29) is 12.1 Å². The van der Waals surface area contributed by atoms with Crippen LogP contribution >= 0.6 is 0 Å². The number of rotatable bonds is 6. The normalized spacial score (nSPS) is 11.2. The number of benzene rings is 2. The first kappa shape index (κ1) is 20.2. The predicted molar refractivity (Wildman–Crippen MR) is 98.8 cm³/mol. The summed E-state index contributed by atoms with van der Waals surface area (Å²) in [5.41, 5.74) is 0.208. The third-order valence-electron chi connectivity index (χ3n) is 4.04. The molecule has 2 aromatic carbocycles. The fraction of sp³-hybridized carbons (Fsp3) is 0.200. The summed E-state index contributed by atoms with van der Waals surface area (Å²) in [5.74, 6) is 0.950. The van der Waals surface area contributed by atoms with Crippen LogP contribution in [0.15, 0.2) is 53.1 Å². The Morgan fingerprint density at radius 2 is 1.83 bits per heavy atom. The Kier molecular flexibility index (Phi) is 5.76. The number of halogens is 3. The summed E-state index contributed by atoms with van der Waals surface area (Å²) in [6, 6.07) is 11.1. The molecular weight excluding hydrogens is 389 g/mol. The highest BCUT2D eigenvalue weighted by Crippen LogP contribution is 2.33. The number of hydrogen-bond donors (Lipinski definition) is 1. The van der Waals surface area contributed by atoms with Crippen molar-refractivity contribution < 1.29 is 32.0 Å². The first-order valence-corrected chi connectivity index (χ1v) is 8.45. The van der Waals surface area contributed by atoms with Crippen LogP contribution in [0, 0.1) is 0 Å². The highest BCUT2D eigenvalue weighted by atomic mass is 19.4. The van der Waals surface area contributed by atoms with Gasteiger partial charge in [0, 0.05) is 17.3 Å². The molecule has 29 heavy (non-hydrogen) atoms. The lowest BCUT2D eigenvalue weighted by atomic mass is 10.1. The van der Waals surface area contributed by atoms with Crippen LogP contribution in [0.2, 0.25) is 0 Å². The predicted octanol–water partition coefficient (Wildman–Crippen LogP) is 4.56. The maximum absolute atomic E-state index is 12.8. The van der Waals surface area contributed by atoms with Crippen LogP contribution in [0.1, 0.15) is 11.3 Å². The maximum atomic E-state index is 12.8. The molecule has 0 spiro atoms. The van der Waals surface area contributed by atoms with E-state index in [2.05, 4.69) is 10.5 Å². The first-order valence-electron chi connectivity index (χ1n) is 8.45. The zero-order valence-electron chi connectivity index (χ0n) is 15.5. The highest BCUT2D eigenvalue weighted by Gasteiger charge is 2.30. The number of ether oxygens (including phenoxy) is 2. The number of anilines is 1. The molecule has 0 aliphatic rings. The van der Waals surface area contributed by atoms with Gasteiger partial charge in [0.15, 0.2) is 17.3 Å². The van der Waals surface area contributed by atoms with Gasteiger partial charge >= 0.3 is 6.18 Å². The standard InChI is InChI=1S/C20H17F3N2O4/c1-27-16-7-6-12(8-18(16)28-2)17-10-15(25-29-17)11-19(26)24-14-5-3-4-13(9-14)20(21,22)23/h3-10H,11H2,1-2H3,(H,24,26). The van der Waals surface area contributed by atoms with Crippen molar-refractivity contribution in [1.29, 1.82) is 0 Å². The molecule has 0 saturated heterocycles. The topological polar surface area (TPSA) is 73.6 Å². The van der Waals surface area contributed by atoms with Gasteiger partial charge in [-0.15, -0.1) is 0 Å². The van der Waals surface area contributed by atoms with Gasteiger partial charge in [0.05, 0.1) is 31.9 Å². The number of hydrogen-bond acceptors (Lipinski definition) is 5. The van der Waals surface area contributed by atoms with Gasteiger partial charge in [-0.3, -0.25) is 4.79 Å². The van der Waals surface area contributed by atoms with Crippen LogP contribution in [-0.4, -0.2) is 25.3 Å². The smallest absolute Gasteiger partial charge is 0.416 e. The van der Waals surface area contributed by atoms with Crippen molar-refractivity contribution in [3.05, 3.63) is 59.8 Å². The van der Waals surface area contributed by atoms with Gasteiger partial charge in [-0.25, -0.2) is 0 Å². The summed E-state index contributed by atoms with van der Waals surface area (Å²) in [7, 11) is 3.03. The summed E-state index contributed by atoms with van der Waals surface area (Å²) < 4.78 is 54.0. The number of alkyl halides is 3. The number of amides is 1. The van der Waals surface area contributed by atoms with Crippen molar-refractivity contribution >= 4 is 11.6 Å². The van der Waals surface area contributed by atoms with Gasteiger partial charge in [-0.2, -0.15) is 13.2 Å². The van der Waals surface area contributed by atoms with Crippen LogP contribution in [-0.2, 0) is 17.4 Å². The second kappa shape index (κ2) is 8.26. The van der Waals surface area contributed by atoms with E-state index < -0.39 is 17.6 Å². The molecule has 9 heteroatoms. The Hall–Kier alpha value is -3.49. The second-order valence-electron chi connectivity index (χ2n) is 6.06. The van der Waals surface area contributed by atoms with E-state index in [1.807, 2.05) is 0 Å². The van der Waals surface area contributed by atoms with E-state index in [4.69, 9.17) is 14.0 Å². The van der Waals surface area contributed by atoms with Crippen LogP contribution in [0.4, 0.5) is 18.9 Å². The van der Waals surface area contributed by atoms with E-state index in [1.165, 1.54) is 26.4 Å². The molecule has 0 aliphatic heterocycles. The molecule has 6 nitrogen and oxygen atoms in total. The van der Waals surface area contributed by atoms with Crippen molar-refractivity contribution in [3.63, 3.8) is 0 Å². The third-order valence-corrected chi connectivity index (χ3v) is 4.04. The van der Waals surface area contributed by atoms with Crippen molar-refractivity contribution in [2.45, 2.75) is 12.6 Å². The number of methoxy groups -OCH3 is 2. The molecule has 0 unspecified atom stereocenters. The molecule has 1 amide bonds. The molecule has 0 atom stereocenters. The second-order valence-corrected chi connectivity index (χ2v) is 6.06. The molecule has 0 radical (unpaired) electrons. The average Bonchev–Trinajstić information content (AvgIpc) is 3.15. The summed E-state index contributed by atoms with van der Waals surface area (Å²) in [6.45, 7) is 0. The molecule has 3 aromatic rings. The zero-order valence-corrected chi connectivity index (χ0v) is 15.5. The minimum Gasteiger partial charge on any atom is -0.493 e. The minimum absolute atomic E-state index is 0.0495. The number of carbonyl (C=O) groups is 1. The van der Waals surface area contributed by atoms with Crippen molar-refractivity contribution in [2.24, 2.45) is 0 Å². The SMILES string of the molecule is COc1ccc(-c2cc(CC(=O)Nc3cccc(C(F)(F)F)c3)no2)cc1OC. The van der Waals surface area contributed by atoms with E-state index >= 15 is 0 Å². The highest BCUT2D eigenvalue weighted by molar-refractivity contribution is 5.92. The molecule has 152 valence electrons. The fourth-order valence-corrected chi connectivity index (χ4v) is 2.66. The Balaban J connectivity index is 1.70. The van der Waals surface area contributed by atoms with Crippen LogP contribution < -0.4 is 14.8 Å². The summed E-state index contributed by atoms with van der Waals surface area (Å²) in [4.78, 5) is 12.2. The van der Waals surface area contributed by atoms with E-state index in [0.717, 1.165) is 12.1 Å². The summed E-state index contributed by atoms with van der Waals surface area (Å²) in [6.07, 6.45) is -4.64. The van der Waals surface area contributed by atoms with Crippen molar-refractivity contribution in [2.75, 3.05) is 19.5 Å². The van der Waals surface area contributed by atoms with Gasteiger partial charge in [0.1, 0.15) is 0 Å². The van der Waals surface area contributed by atoms with Gasteiger partial charge in [-0.1, -0.05) is 11.2 Å². The van der Waals surface area contributed by atoms with E-state index in [0.29, 0.717) is 28.5 Å². The quantitative estimate of drug-likeness (QED) is 0.650. The van der Waals surface area contributed by atoms with Crippen molar-refractivity contribution in [1.82, 2.24) is 5.16 Å². The summed E-state index contributed by atoms with van der Waals surface area (Å²) >= 11 is 0. The van der Waals surface area contributed by atoms with E-state index in [9.17, 15) is 18.0 Å².